The molecule has 254 valence electrons. The maximum atomic E-state index is 13.2. The molecule has 14 heteroatoms. The zero-order valence-electron chi connectivity index (χ0n) is 27.7. The maximum Gasteiger partial charge on any atom is 0.408 e. The van der Waals surface area contributed by atoms with Crippen molar-refractivity contribution in [1.82, 2.24) is 30.2 Å². The van der Waals surface area contributed by atoms with E-state index in [1.807, 2.05) is 63.4 Å². The second-order valence-electron chi connectivity index (χ2n) is 13.5. The van der Waals surface area contributed by atoms with Crippen molar-refractivity contribution in [1.29, 1.82) is 0 Å². The van der Waals surface area contributed by atoms with E-state index in [9.17, 15) is 14.4 Å². The van der Waals surface area contributed by atoms with Gasteiger partial charge in [-0.25, -0.2) is 14.8 Å². The quantitative estimate of drug-likeness (QED) is 0.209. The lowest BCUT2D eigenvalue weighted by atomic mass is 10.2. The van der Waals surface area contributed by atoms with Crippen LogP contribution < -0.4 is 30.9 Å². The highest BCUT2D eigenvalue weighted by Gasteiger charge is 2.45. The molecule has 7 rings (SSSR count). The lowest BCUT2D eigenvalue weighted by molar-refractivity contribution is -0.121. The minimum atomic E-state index is -0.559. The second kappa shape index (κ2) is 12.7. The second-order valence-corrected chi connectivity index (χ2v) is 13.5. The Balaban J connectivity index is 1.12. The largest absolute Gasteiger partial charge is 0.480 e. The van der Waals surface area contributed by atoms with Crippen molar-refractivity contribution < 1.29 is 23.9 Å². The molecule has 1 saturated carbocycles. The van der Waals surface area contributed by atoms with E-state index in [-0.39, 0.29) is 41.3 Å². The SMILES string of the molecule is CC(C)(C)OC(=O)NC1(Cn2ccc3cc(Nc4ncc5c(n4)Nc4ccc6c(n4)N(CCC/C=C\CNC5=O)C(=O)CO6)ccc32)CC1. The molecule has 1 aromatic carbocycles. The van der Waals surface area contributed by atoms with Crippen LogP contribution in [0.25, 0.3) is 10.9 Å². The first kappa shape index (κ1) is 31.9. The molecular formula is C35H39N9O5. The lowest BCUT2D eigenvalue weighted by Gasteiger charge is -2.28. The van der Waals surface area contributed by atoms with E-state index in [2.05, 4.69) is 40.8 Å². The number of hydrogen-bond donors (Lipinski definition) is 4. The van der Waals surface area contributed by atoms with Crippen LogP contribution in [0.4, 0.5) is 33.9 Å². The average molecular weight is 666 g/mol. The number of nitrogens with one attached hydrogen (secondary N) is 4. The summed E-state index contributed by atoms with van der Waals surface area (Å²) in [4.78, 5) is 53.8. The molecule has 2 bridgehead atoms. The van der Waals surface area contributed by atoms with Crippen molar-refractivity contribution in [2.24, 2.45) is 0 Å². The molecule has 0 spiro atoms. The number of nitrogens with zero attached hydrogens (tertiary/aromatic N) is 5. The fourth-order valence-electron chi connectivity index (χ4n) is 5.88. The van der Waals surface area contributed by atoms with Gasteiger partial charge in [-0.15, -0.1) is 0 Å². The Morgan fingerprint density at radius 1 is 1.10 bits per heavy atom. The summed E-state index contributed by atoms with van der Waals surface area (Å²) in [6.07, 6.45) is 10.2. The first-order valence-corrected chi connectivity index (χ1v) is 16.4. The Hall–Kier alpha value is -5.66. The third kappa shape index (κ3) is 7.27. The normalized spacial score (nSPS) is 17.7. The summed E-state index contributed by atoms with van der Waals surface area (Å²) >= 11 is 0. The van der Waals surface area contributed by atoms with Gasteiger partial charge in [-0.2, -0.15) is 4.98 Å². The van der Waals surface area contributed by atoms with Crippen LogP contribution in [0.3, 0.4) is 0 Å². The first-order chi connectivity index (χ1) is 23.5. The van der Waals surface area contributed by atoms with E-state index in [1.165, 1.54) is 6.20 Å². The number of anilines is 5. The number of aromatic nitrogens is 4. The zero-order valence-corrected chi connectivity index (χ0v) is 27.7. The third-order valence-electron chi connectivity index (χ3n) is 8.45. The number of allylic oxidation sites excluding steroid dienone is 1. The van der Waals surface area contributed by atoms with Gasteiger partial charge in [0.2, 0.25) is 5.95 Å². The number of amides is 3. The van der Waals surface area contributed by atoms with Crippen molar-refractivity contribution in [2.45, 2.75) is 64.1 Å². The number of rotatable bonds is 5. The van der Waals surface area contributed by atoms with Gasteiger partial charge in [0.25, 0.3) is 11.8 Å². The van der Waals surface area contributed by atoms with Crippen LogP contribution >= 0.6 is 0 Å². The Kier molecular flexibility index (Phi) is 8.30. The zero-order chi connectivity index (χ0) is 34.2. The van der Waals surface area contributed by atoms with E-state index in [0.29, 0.717) is 37.0 Å². The Morgan fingerprint density at radius 3 is 2.78 bits per heavy atom. The Morgan fingerprint density at radius 2 is 1.96 bits per heavy atom. The van der Waals surface area contributed by atoms with Gasteiger partial charge >= 0.3 is 6.09 Å². The van der Waals surface area contributed by atoms with Gasteiger partial charge in [0.05, 0.1) is 5.54 Å². The molecule has 2 aliphatic heterocycles. The highest BCUT2D eigenvalue weighted by molar-refractivity contribution is 6.00. The highest BCUT2D eigenvalue weighted by atomic mass is 16.6. The molecule has 3 amide bonds. The number of benzene rings is 1. The smallest absolute Gasteiger partial charge is 0.408 e. The Labute approximate surface area is 283 Å². The maximum absolute atomic E-state index is 13.2. The molecular weight excluding hydrogens is 626 g/mol. The van der Waals surface area contributed by atoms with Crippen LogP contribution in [0.5, 0.6) is 5.75 Å². The molecule has 5 heterocycles. The summed E-state index contributed by atoms with van der Waals surface area (Å²) in [5.41, 5.74) is 1.13. The van der Waals surface area contributed by atoms with E-state index in [1.54, 1.807) is 17.0 Å². The molecule has 0 saturated heterocycles. The molecule has 4 aromatic rings. The van der Waals surface area contributed by atoms with Crippen molar-refractivity contribution in [3.05, 3.63) is 66.5 Å². The fraction of sp³-hybridized carbons (Fsp3) is 0.371. The van der Waals surface area contributed by atoms with Crippen molar-refractivity contribution in [3.63, 3.8) is 0 Å². The summed E-state index contributed by atoms with van der Waals surface area (Å²) in [6.45, 7) is 6.98. The van der Waals surface area contributed by atoms with Gasteiger partial charge in [-0.05, 0) is 82.9 Å². The molecule has 0 radical (unpaired) electrons. The molecule has 14 nitrogen and oxygen atoms in total. The summed E-state index contributed by atoms with van der Waals surface area (Å²) in [5.74, 6) is 1.35. The van der Waals surface area contributed by atoms with E-state index in [0.717, 1.165) is 42.3 Å². The van der Waals surface area contributed by atoms with Crippen LogP contribution in [0.15, 0.2) is 60.9 Å². The van der Waals surface area contributed by atoms with Crippen LogP contribution in [-0.4, -0.2) is 68.3 Å². The van der Waals surface area contributed by atoms with E-state index in [4.69, 9.17) is 9.47 Å². The van der Waals surface area contributed by atoms with Crippen LogP contribution in [0.2, 0.25) is 0 Å². The highest BCUT2D eigenvalue weighted by Crippen LogP contribution is 2.39. The summed E-state index contributed by atoms with van der Waals surface area (Å²) < 4.78 is 13.2. The average Bonchev–Trinajstić information content (AvgIpc) is 3.69. The fourth-order valence-corrected chi connectivity index (χ4v) is 5.88. The number of pyridine rings is 1. The molecule has 3 aromatic heterocycles. The first-order valence-electron chi connectivity index (χ1n) is 16.4. The summed E-state index contributed by atoms with van der Waals surface area (Å²) in [7, 11) is 0. The van der Waals surface area contributed by atoms with Crippen LogP contribution in [0.1, 0.15) is 56.8 Å². The van der Waals surface area contributed by atoms with E-state index >= 15 is 0 Å². The molecule has 1 aliphatic carbocycles. The Bertz CT molecular complexity index is 1960. The summed E-state index contributed by atoms with van der Waals surface area (Å²) in [6, 6.07) is 11.4. The van der Waals surface area contributed by atoms with Gasteiger partial charge in [0, 0.05) is 48.6 Å². The van der Waals surface area contributed by atoms with Gasteiger partial charge in [0.15, 0.2) is 18.2 Å². The van der Waals surface area contributed by atoms with Gasteiger partial charge in [-0.1, -0.05) is 12.2 Å². The predicted octanol–water partition coefficient (Wildman–Crippen LogP) is 5.18. The van der Waals surface area contributed by atoms with Gasteiger partial charge in [0.1, 0.15) is 22.8 Å². The molecule has 0 atom stereocenters. The van der Waals surface area contributed by atoms with Gasteiger partial charge in [-0.3, -0.25) is 14.5 Å². The number of fused-ring (bicyclic) bond motifs is 3. The minimum Gasteiger partial charge on any atom is -0.480 e. The molecule has 4 N–H and O–H groups in total. The van der Waals surface area contributed by atoms with Crippen LogP contribution in [0, 0.1) is 0 Å². The third-order valence-corrected chi connectivity index (χ3v) is 8.45. The number of alkyl carbamates (subject to hydrolysis) is 1. The number of carbonyl (C=O) groups excluding carboxylic acids is 3. The number of carbonyl (C=O) groups is 3. The van der Waals surface area contributed by atoms with Crippen molar-refractivity contribution in [3.8, 4) is 5.75 Å². The molecule has 0 unspecified atom stereocenters. The summed E-state index contributed by atoms with van der Waals surface area (Å²) in [5, 5.41) is 13.4. The topological polar surface area (TPSA) is 165 Å². The monoisotopic (exact) mass is 665 g/mol. The van der Waals surface area contributed by atoms with Crippen LogP contribution in [-0.2, 0) is 16.1 Å². The number of ether oxygens (including phenoxy) is 2. The standard InChI is InChI=1S/C35H39N9O5/c1-34(2,3)49-33(47)42-35(13-14-35)21-43-17-12-22-18-23(8-9-25(22)43)38-32-37-19-24-29(41-32)39-27-11-10-26-30(40-27)44(28(45)20-48-26)16-7-5-4-6-15-36-31(24)46/h4,6,8-12,17-19H,5,7,13-16,20-21H2,1-3H3,(H,36,46)(H,42,47)(H2,37,38,39,40,41)/b6-4-. The predicted molar refractivity (Wildman–Crippen MR) is 185 cm³/mol. The minimum absolute atomic E-state index is 0.0383. The molecule has 3 aliphatic rings. The lowest BCUT2D eigenvalue weighted by Crippen LogP contribution is -2.42. The van der Waals surface area contributed by atoms with Crippen molar-refractivity contribution in [2.75, 3.05) is 35.2 Å². The van der Waals surface area contributed by atoms with Gasteiger partial charge < -0.3 is 35.3 Å². The van der Waals surface area contributed by atoms with E-state index < -0.39 is 11.7 Å². The molecule has 49 heavy (non-hydrogen) atoms. The molecule has 1 fully saturated rings. The van der Waals surface area contributed by atoms with Crippen molar-refractivity contribution >= 4 is 57.9 Å². The number of hydrogen-bond acceptors (Lipinski definition) is 10.